The molecule has 486 valence electrons. The van der Waals surface area contributed by atoms with Gasteiger partial charge in [0.2, 0.25) is 5.91 Å². The van der Waals surface area contributed by atoms with E-state index in [9.17, 15) is 45.6 Å². The molecule has 0 bridgehead atoms. The van der Waals surface area contributed by atoms with E-state index in [0.29, 0.717) is 6.42 Å². The molecule has 0 aromatic heterocycles. The number of carbonyl (C=O) groups excluding carboxylic acids is 1. The summed E-state index contributed by atoms with van der Waals surface area (Å²) in [6, 6.07) is -0.909. The highest BCUT2D eigenvalue weighted by molar-refractivity contribution is 5.76. The molecule has 0 spiro atoms. The van der Waals surface area contributed by atoms with Crippen LogP contribution in [0, 0.1) is 0 Å². The van der Waals surface area contributed by atoms with Gasteiger partial charge in [0.15, 0.2) is 12.6 Å². The number of rotatable bonds is 58. The fourth-order valence-corrected chi connectivity index (χ4v) is 11.9. The molecule has 2 aliphatic rings. The maximum atomic E-state index is 13.3. The van der Waals surface area contributed by atoms with Crippen LogP contribution in [0.2, 0.25) is 0 Å². The summed E-state index contributed by atoms with van der Waals surface area (Å²) in [6.07, 6.45) is 48.8. The summed E-state index contributed by atoms with van der Waals surface area (Å²) >= 11 is 0. The van der Waals surface area contributed by atoms with Crippen LogP contribution in [0.25, 0.3) is 0 Å². The normalized spacial score (nSPS) is 23.9. The second kappa shape index (κ2) is 53.9. The number of ether oxygens (including phenoxy) is 4. The first-order chi connectivity index (χ1) is 40.1. The fraction of sp³-hybridized carbons (Fsp3) is 0.956. The quantitative estimate of drug-likeness (QED) is 0.0204. The number of nitrogens with one attached hydrogen (secondary N) is 1. The zero-order chi connectivity index (χ0) is 59.5. The second-order valence-corrected chi connectivity index (χ2v) is 25.0. The Kier molecular flexibility index (Phi) is 50.5. The molecular formula is C68H131NO13. The summed E-state index contributed by atoms with van der Waals surface area (Å²) in [7, 11) is 0. The molecule has 2 rings (SSSR count). The number of allylic oxidation sites excluding steroid dienone is 1. The van der Waals surface area contributed by atoms with E-state index >= 15 is 0 Å². The third kappa shape index (κ3) is 38.1. The first-order valence-corrected chi connectivity index (χ1v) is 34.9. The molecule has 2 fully saturated rings. The van der Waals surface area contributed by atoms with Crippen LogP contribution in [0.3, 0.4) is 0 Å². The maximum absolute atomic E-state index is 13.3. The summed E-state index contributed by atoms with van der Waals surface area (Å²) in [6.45, 7) is 2.82. The topological polar surface area (TPSA) is 228 Å². The molecule has 0 aromatic rings. The Morgan fingerprint density at radius 3 is 1.12 bits per heavy atom. The number of hydrogen-bond donors (Lipinski definition) is 9. The molecule has 0 saturated carbocycles. The van der Waals surface area contributed by atoms with Crippen LogP contribution >= 0.6 is 0 Å². The zero-order valence-electron chi connectivity index (χ0n) is 52.8. The van der Waals surface area contributed by atoms with Crippen molar-refractivity contribution in [2.75, 3.05) is 19.8 Å². The van der Waals surface area contributed by atoms with Crippen molar-refractivity contribution >= 4 is 5.91 Å². The smallest absolute Gasteiger partial charge is 0.220 e. The van der Waals surface area contributed by atoms with Gasteiger partial charge < -0.3 is 65.1 Å². The summed E-state index contributed by atoms with van der Waals surface area (Å²) in [5.41, 5.74) is 0. The van der Waals surface area contributed by atoms with E-state index in [1.165, 1.54) is 257 Å². The van der Waals surface area contributed by atoms with Gasteiger partial charge in [-0.1, -0.05) is 309 Å². The lowest BCUT2D eigenvalue weighted by Gasteiger charge is -2.46. The van der Waals surface area contributed by atoms with Crippen molar-refractivity contribution in [3.63, 3.8) is 0 Å². The van der Waals surface area contributed by atoms with Crippen molar-refractivity contribution in [3.05, 3.63) is 12.2 Å². The van der Waals surface area contributed by atoms with Crippen LogP contribution < -0.4 is 5.32 Å². The van der Waals surface area contributed by atoms with Gasteiger partial charge in [-0.2, -0.15) is 0 Å². The minimum atomic E-state index is -1.79. The van der Waals surface area contributed by atoms with E-state index in [1.54, 1.807) is 6.08 Å². The lowest BCUT2D eigenvalue weighted by molar-refractivity contribution is -0.359. The van der Waals surface area contributed by atoms with E-state index in [0.717, 1.165) is 38.5 Å². The van der Waals surface area contributed by atoms with Crippen molar-refractivity contribution in [2.45, 2.75) is 396 Å². The van der Waals surface area contributed by atoms with E-state index in [4.69, 9.17) is 18.9 Å². The minimum absolute atomic E-state index is 0.233. The van der Waals surface area contributed by atoms with Crippen LogP contribution in [0.5, 0.6) is 0 Å². The molecule has 9 N–H and O–H groups in total. The standard InChI is InChI=1S/C68H131NO13/c1-3-5-7-9-11-13-15-17-18-19-20-21-22-23-24-25-26-27-28-29-30-31-32-33-34-35-36-37-38-39-40-42-44-46-48-50-52-60(73)69-56(57(72)51-49-47-45-43-41-16-14-12-10-8-6-4-2)55-79-67-65(78)63(76)66(59(54-71)81-67)82-68-64(77)62(75)61(74)58(53-70)80-68/h49,51,56-59,61-68,70-72,74-78H,3-48,50,52-55H2,1-2H3,(H,69,73)/b51-49+/t56-,57+,58+,59+,61-,62?,63?,64?,65?,66+,67+,68-/m0/s1. The second-order valence-electron chi connectivity index (χ2n) is 25.0. The molecule has 14 heteroatoms. The van der Waals surface area contributed by atoms with Crippen LogP contribution in [0.15, 0.2) is 12.2 Å². The number of hydrogen-bond acceptors (Lipinski definition) is 13. The zero-order valence-corrected chi connectivity index (χ0v) is 52.8. The number of carbonyl (C=O) groups is 1. The van der Waals surface area contributed by atoms with Crippen LogP contribution in [-0.2, 0) is 23.7 Å². The van der Waals surface area contributed by atoms with Crippen molar-refractivity contribution in [1.29, 1.82) is 0 Å². The number of unbranched alkanes of at least 4 members (excludes halogenated alkanes) is 45. The Hall–Kier alpha value is -1.27. The SMILES string of the molecule is CCCCCCCCCCCC/C=C/[C@@H](O)[C@H](CO[C@@H]1O[C@H](CO)[C@@H](O[C@@H]2O[C@H](CO)[C@H](O)C(O)C2O)C(O)C1O)NC(=O)CCCCCCCCCCCCCCCCCCCCCCCCCCCCCCCCCCCCCC. The van der Waals surface area contributed by atoms with E-state index in [-0.39, 0.29) is 18.9 Å². The lowest BCUT2D eigenvalue weighted by Crippen LogP contribution is -2.65. The lowest BCUT2D eigenvalue weighted by atomic mass is 9.97. The number of aliphatic hydroxyl groups is 8. The first-order valence-electron chi connectivity index (χ1n) is 34.9. The van der Waals surface area contributed by atoms with Gasteiger partial charge in [0.25, 0.3) is 0 Å². The Morgan fingerprint density at radius 2 is 0.756 bits per heavy atom. The molecule has 14 nitrogen and oxygen atoms in total. The molecule has 0 aromatic carbocycles. The molecule has 2 heterocycles. The van der Waals surface area contributed by atoms with Gasteiger partial charge in [-0.05, 0) is 19.3 Å². The Morgan fingerprint density at radius 1 is 0.427 bits per heavy atom. The van der Waals surface area contributed by atoms with Gasteiger partial charge in [0.1, 0.15) is 48.8 Å². The Balaban J connectivity index is 1.55. The average molecular weight is 1170 g/mol. The molecule has 2 aliphatic heterocycles. The van der Waals surface area contributed by atoms with Crippen LogP contribution in [0.4, 0.5) is 0 Å². The van der Waals surface area contributed by atoms with Crippen molar-refractivity contribution in [3.8, 4) is 0 Å². The Bertz CT molecular complexity index is 1420. The third-order valence-corrected chi connectivity index (χ3v) is 17.5. The monoisotopic (exact) mass is 1170 g/mol. The highest BCUT2D eigenvalue weighted by Crippen LogP contribution is 2.30. The van der Waals surface area contributed by atoms with E-state index < -0.39 is 86.8 Å². The third-order valence-electron chi connectivity index (χ3n) is 17.5. The van der Waals surface area contributed by atoms with Gasteiger partial charge in [0.05, 0.1) is 32.0 Å². The molecule has 1 amide bonds. The van der Waals surface area contributed by atoms with Crippen molar-refractivity contribution in [1.82, 2.24) is 5.32 Å². The Labute approximate surface area is 501 Å². The predicted octanol–water partition coefficient (Wildman–Crippen LogP) is 13.8. The number of amides is 1. The summed E-state index contributed by atoms with van der Waals surface area (Å²) < 4.78 is 22.8. The predicted molar refractivity (Wildman–Crippen MR) is 332 cm³/mol. The first kappa shape index (κ1) is 76.8. The van der Waals surface area contributed by atoms with Gasteiger partial charge in [0, 0.05) is 6.42 Å². The molecule has 2 saturated heterocycles. The average Bonchev–Trinajstić information content (AvgIpc) is 3.57. The van der Waals surface area contributed by atoms with Crippen molar-refractivity contribution in [2.24, 2.45) is 0 Å². The summed E-state index contributed by atoms with van der Waals surface area (Å²) in [4.78, 5) is 13.3. The summed E-state index contributed by atoms with van der Waals surface area (Å²) in [5.74, 6) is -0.233. The molecular weight excluding hydrogens is 1040 g/mol. The summed E-state index contributed by atoms with van der Waals surface area (Å²) in [5, 5.41) is 87.1. The molecule has 0 aliphatic carbocycles. The molecule has 12 atom stereocenters. The molecule has 0 radical (unpaired) electrons. The van der Waals surface area contributed by atoms with Gasteiger partial charge in [-0.25, -0.2) is 0 Å². The molecule has 82 heavy (non-hydrogen) atoms. The fourth-order valence-electron chi connectivity index (χ4n) is 11.9. The number of aliphatic hydroxyl groups excluding tert-OH is 8. The van der Waals surface area contributed by atoms with Gasteiger partial charge in [-0.3, -0.25) is 4.79 Å². The van der Waals surface area contributed by atoms with Crippen LogP contribution in [0.1, 0.15) is 322 Å². The van der Waals surface area contributed by atoms with Crippen molar-refractivity contribution < 1.29 is 64.6 Å². The van der Waals surface area contributed by atoms with Gasteiger partial charge >= 0.3 is 0 Å². The van der Waals surface area contributed by atoms with E-state index in [1.807, 2.05) is 6.08 Å². The maximum Gasteiger partial charge on any atom is 0.220 e. The molecule has 4 unspecified atom stereocenters. The highest BCUT2D eigenvalue weighted by atomic mass is 16.7. The van der Waals surface area contributed by atoms with Crippen LogP contribution in [-0.4, -0.2) is 140 Å². The highest BCUT2D eigenvalue weighted by Gasteiger charge is 2.51. The minimum Gasteiger partial charge on any atom is -0.394 e. The van der Waals surface area contributed by atoms with Gasteiger partial charge in [-0.15, -0.1) is 0 Å². The van der Waals surface area contributed by atoms with E-state index in [2.05, 4.69) is 19.2 Å². The largest absolute Gasteiger partial charge is 0.394 e.